The molecule has 0 aromatic carbocycles. The van der Waals surface area contributed by atoms with E-state index < -0.39 is 21.8 Å². The van der Waals surface area contributed by atoms with Crippen LogP contribution in [0, 0.1) is 20.2 Å². The summed E-state index contributed by atoms with van der Waals surface area (Å²) in [5.74, 6) is -2.71. The summed E-state index contributed by atoms with van der Waals surface area (Å²) in [7, 11) is 0. The number of carbonyl (C=O) groups is 2. The number of nitro groups is 2. The van der Waals surface area contributed by atoms with E-state index in [1.807, 2.05) is 0 Å². The molecule has 1 fully saturated rings. The van der Waals surface area contributed by atoms with Crippen LogP contribution in [-0.4, -0.2) is 96.0 Å². The summed E-state index contributed by atoms with van der Waals surface area (Å²) in [4.78, 5) is 65.7. The van der Waals surface area contributed by atoms with Crippen LogP contribution < -0.4 is 0 Å². The van der Waals surface area contributed by atoms with Crippen LogP contribution >= 0.6 is 0 Å². The van der Waals surface area contributed by atoms with Crippen molar-refractivity contribution in [2.45, 2.75) is 76.8 Å². The standard InChI is InChI=1S/C32H38N10O8/c43-31(44)25-9-3-7-23(35-25)17-39(15-5-13-37-19-29(33-21-37)41(47)48)27-11-1-2-12-28(27)40(18-24-8-4-10-26(36-24)32(45)46)16-6-14-38-20-30(34-22-38)42(49)50/h3-4,7-10,19-22,27-28H,1-2,5-6,11-18H2,(H,43,44)(H,45,46)/t27-,28-/m1/s1. The Morgan fingerprint density at radius 2 is 1.16 bits per heavy atom. The molecule has 2 N–H and O–H groups in total. The van der Waals surface area contributed by atoms with Gasteiger partial charge in [0.1, 0.15) is 23.8 Å². The molecule has 0 amide bonds. The second kappa shape index (κ2) is 16.7. The number of carboxylic acid groups (broad SMARTS) is 2. The molecule has 18 heteroatoms. The molecule has 0 aliphatic heterocycles. The van der Waals surface area contributed by atoms with Gasteiger partial charge in [-0.3, -0.25) is 9.80 Å². The van der Waals surface area contributed by atoms with E-state index in [9.17, 15) is 40.0 Å². The molecule has 50 heavy (non-hydrogen) atoms. The third kappa shape index (κ3) is 9.50. The van der Waals surface area contributed by atoms with E-state index in [2.05, 4.69) is 29.7 Å². The SMILES string of the molecule is O=C(O)c1cccc(CN(CCCn2cnc([N+](=O)[O-])c2)[C@@H]2CCCC[C@H]2N(CCCn2cnc([N+](=O)[O-])c2)Cc2cccc(C(=O)O)n2)n1. The maximum Gasteiger partial charge on any atom is 0.381 e. The molecule has 1 saturated carbocycles. The Kier molecular flexibility index (Phi) is 11.9. The summed E-state index contributed by atoms with van der Waals surface area (Å²) < 4.78 is 3.34. The van der Waals surface area contributed by atoms with Gasteiger partial charge in [0, 0.05) is 51.4 Å². The third-order valence-electron chi connectivity index (χ3n) is 8.75. The molecule has 0 saturated heterocycles. The number of imidazole rings is 2. The molecule has 4 heterocycles. The minimum atomic E-state index is -1.12. The maximum absolute atomic E-state index is 11.7. The first-order chi connectivity index (χ1) is 24.1. The highest BCUT2D eigenvalue weighted by molar-refractivity contribution is 5.85. The highest BCUT2D eigenvalue weighted by atomic mass is 16.6. The Bertz CT molecular complexity index is 1680. The Balaban J connectivity index is 1.41. The smallest absolute Gasteiger partial charge is 0.381 e. The lowest BCUT2D eigenvalue weighted by molar-refractivity contribution is -0.389. The van der Waals surface area contributed by atoms with Gasteiger partial charge >= 0.3 is 23.6 Å². The fourth-order valence-corrected chi connectivity index (χ4v) is 6.50. The van der Waals surface area contributed by atoms with Crippen molar-refractivity contribution in [3.63, 3.8) is 0 Å². The lowest BCUT2D eigenvalue weighted by Gasteiger charge is -2.45. The van der Waals surface area contributed by atoms with Crippen molar-refractivity contribution >= 4 is 23.6 Å². The lowest BCUT2D eigenvalue weighted by Crippen LogP contribution is -2.53. The minimum absolute atomic E-state index is 0.00635. The summed E-state index contributed by atoms with van der Waals surface area (Å²) in [6, 6.07) is 9.80. The molecule has 0 spiro atoms. The first-order valence-electron chi connectivity index (χ1n) is 16.3. The van der Waals surface area contributed by atoms with Gasteiger partial charge in [0.05, 0.1) is 11.4 Å². The Hall–Kier alpha value is -5.62. The topological polar surface area (TPSA) is 229 Å². The van der Waals surface area contributed by atoms with Crippen molar-refractivity contribution in [1.82, 2.24) is 38.9 Å². The molecule has 18 nitrogen and oxygen atoms in total. The average Bonchev–Trinajstić information content (AvgIpc) is 3.78. The van der Waals surface area contributed by atoms with Crippen molar-refractivity contribution in [3.05, 3.63) is 104 Å². The van der Waals surface area contributed by atoms with Gasteiger partial charge in [0.25, 0.3) is 0 Å². The summed E-state index contributed by atoms with van der Waals surface area (Å²) in [6.45, 7) is 2.84. The number of aryl methyl sites for hydroxylation is 2. The first kappa shape index (κ1) is 35.7. The number of pyridine rings is 2. The number of aromatic nitrogens is 6. The van der Waals surface area contributed by atoms with Gasteiger partial charge in [-0.05, 0) is 69.8 Å². The molecule has 0 unspecified atom stereocenters. The van der Waals surface area contributed by atoms with Crippen LogP contribution in [0.3, 0.4) is 0 Å². The van der Waals surface area contributed by atoms with E-state index in [1.165, 1.54) is 37.2 Å². The van der Waals surface area contributed by atoms with Crippen LogP contribution in [0.5, 0.6) is 0 Å². The fourth-order valence-electron chi connectivity index (χ4n) is 6.50. The van der Waals surface area contributed by atoms with E-state index in [1.54, 1.807) is 33.4 Å². The number of hydrogen-bond acceptors (Lipinski definition) is 12. The second-order valence-corrected chi connectivity index (χ2v) is 12.2. The molecule has 4 aromatic heterocycles. The fraction of sp³-hybridized carbons (Fsp3) is 0.438. The van der Waals surface area contributed by atoms with Crippen LogP contribution in [0.1, 0.15) is 70.9 Å². The van der Waals surface area contributed by atoms with Crippen molar-refractivity contribution in [1.29, 1.82) is 0 Å². The van der Waals surface area contributed by atoms with Gasteiger partial charge in [-0.1, -0.05) is 25.0 Å². The third-order valence-corrected chi connectivity index (χ3v) is 8.75. The lowest BCUT2D eigenvalue weighted by atomic mass is 9.87. The van der Waals surface area contributed by atoms with Crippen LogP contribution in [0.15, 0.2) is 61.4 Å². The molecule has 0 radical (unpaired) electrons. The summed E-state index contributed by atoms with van der Waals surface area (Å²) in [5.41, 5.74) is 1.08. The Labute approximate surface area is 286 Å². The van der Waals surface area contributed by atoms with Gasteiger partial charge < -0.3 is 39.6 Å². The molecule has 1 aliphatic carbocycles. The average molecular weight is 691 g/mol. The van der Waals surface area contributed by atoms with E-state index in [0.29, 0.717) is 63.5 Å². The predicted molar refractivity (Wildman–Crippen MR) is 176 cm³/mol. The number of nitrogens with zero attached hydrogens (tertiary/aromatic N) is 10. The van der Waals surface area contributed by atoms with Crippen LogP contribution in [0.25, 0.3) is 0 Å². The van der Waals surface area contributed by atoms with E-state index in [-0.39, 0.29) is 35.1 Å². The van der Waals surface area contributed by atoms with E-state index >= 15 is 0 Å². The number of hydrogen-bond donors (Lipinski definition) is 2. The zero-order chi connectivity index (χ0) is 35.6. The largest absolute Gasteiger partial charge is 0.477 e. The molecule has 1 aliphatic rings. The van der Waals surface area contributed by atoms with Crippen LogP contribution in [-0.2, 0) is 26.2 Å². The second-order valence-electron chi connectivity index (χ2n) is 12.2. The minimum Gasteiger partial charge on any atom is -0.477 e. The Morgan fingerprint density at radius 3 is 1.52 bits per heavy atom. The normalized spacial score (nSPS) is 16.1. The van der Waals surface area contributed by atoms with Gasteiger partial charge in [0.2, 0.25) is 12.7 Å². The molecule has 5 rings (SSSR count). The molecular weight excluding hydrogens is 652 g/mol. The first-order valence-corrected chi connectivity index (χ1v) is 16.3. The number of aromatic carboxylic acids is 2. The van der Waals surface area contributed by atoms with E-state index in [4.69, 9.17) is 0 Å². The van der Waals surface area contributed by atoms with Crippen LogP contribution in [0.4, 0.5) is 11.6 Å². The zero-order valence-electron chi connectivity index (χ0n) is 27.2. The quantitative estimate of drug-likeness (QED) is 0.112. The van der Waals surface area contributed by atoms with Crippen molar-refractivity contribution in [3.8, 4) is 0 Å². The molecule has 4 aromatic rings. The predicted octanol–water partition coefficient (Wildman–Crippen LogP) is 3.88. The van der Waals surface area contributed by atoms with E-state index in [0.717, 1.165) is 25.7 Å². The molecular formula is C32H38N10O8. The maximum atomic E-state index is 11.7. The van der Waals surface area contributed by atoms with Gasteiger partial charge in [-0.15, -0.1) is 0 Å². The van der Waals surface area contributed by atoms with Crippen molar-refractivity contribution in [2.75, 3.05) is 13.1 Å². The van der Waals surface area contributed by atoms with Gasteiger partial charge in [-0.2, -0.15) is 0 Å². The number of carboxylic acids is 2. The highest BCUT2D eigenvalue weighted by Gasteiger charge is 2.34. The molecule has 264 valence electrons. The van der Waals surface area contributed by atoms with Crippen molar-refractivity contribution in [2.24, 2.45) is 0 Å². The summed E-state index contributed by atoms with van der Waals surface area (Å²) in [5, 5.41) is 41.5. The summed E-state index contributed by atoms with van der Waals surface area (Å²) in [6.07, 6.45) is 10.5. The van der Waals surface area contributed by atoms with Gasteiger partial charge in [0.15, 0.2) is 0 Å². The summed E-state index contributed by atoms with van der Waals surface area (Å²) >= 11 is 0. The van der Waals surface area contributed by atoms with Crippen molar-refractivity contribution < 1.29 is 29.6 Å². The number of rotatable bonds is 18. The Morgan fingerprint density at radius 1 is 0.740 bits per heavy atom. The van der Waals surface area contributed by atoms with Crippen LogP contribution in [0.2, 0.25) is 0 Å². The molecule has 0 bridgehead atoms. The highest BCUT2D eigenvalue weighted by Crippen LogP contribution is 2.30. The zero-order valence-corrected chi connectivity index (χ0v) is 27.2. The molecule has 2 atom stereocenters. The van der Waals surface area contributed by atoms with Gasteiger partial charge in [-0.25, -0.2) is 19.6 Å². The monoisotopic (exact) mass is 690 g/mol.